The van der Waals surface area contributed by atoms with E-state index in [-0.39, 0.29) is 19.8 Å². The van der Waals surface area contributed by atoms with Crippen LogP contribution in [0.4, 0.5) is 0 Å². The van der Waals surface area contributed by atoms with Crippen LogP contribution in [0.5, 0.6) is 0 Å². The summed E-state index contributed by atoms with van der Waals surface area (Å²) in [6.45, 7) is 3.49. The van der Waals surface area contributed by atoms with Crippen molar-refractivity contribution in [3.63, 3.8) is 0 Å². The van der Waals surface area contributed by atoms with Gasteiger partial charge in [-0.05, 0) is 60.6 Å². The van der Waals surface area contributed by atoms with Crippen LogP contribution in [0.25, 0.3) is 0 Å². The van der Waals surface area contributed by atoms with Crippen molar-refractivity contribution in [2.75, 3.05) is 26.8 Å². The molecule has 0 amide bonds. The smallest absolute Gasteiger partial charge is 0.264 e. The Kier molecular flexibility index (Phi) is 10.5. The fourth-order valence-electron chi connectivity index (χ4n) is 4.95. The molecule has 0 unspecified atom stereocenters. The van der Waals surface area contributed by atoms with E-state index in [1.165, 1.54) is 43.9 Å². The van der Waals surface area contributed by atoms with E-state index in [4.69, 9.17) is 13.7 Å². The number of carbonyl (C=O) groups is 1. The Labute approximate surface area is 216 Å². The summed E-state index contributed by atoms with van der Waals surface area (Å²) in [5.74, 6) is 6.24. The van der Waals surface area contributed by atoms with Crippen molar-refractivity contribution in [2.24, 2.45) is 17.8 Å². The van der Waals surface area contributed by atoms with E-state index in [0.717, 1.165) is 43.6 Å². The van der Waals surface area contributed by atoms with Gasteiger partial charge in [-0.3, -0.25) is 14.0 Å². The van der Waals surface area contributed by atoms with E-state index in [9.17, 15) is 13.2 Å². The monoisotopic (exact) mass is 519 g/mol. The summed E-state index contributed by atoms with van der Waals surface area (Å²) in [6, 6.07) is 2.08. The standard InChI is InChI=1S/C28H41NO6S/c1-5-6-7-8-9-27(30)28(34-20-33-3,21(2)19-35-36(4,31)32)18-26-25-17-23(13-12-22-10-11-22)16-24(25)14-15-29-26/h14-15,21-23H,5-7,10-13,16-20H2,1-4H3/t21-,23-,28+/m0/s1. The van der Waals surface area contributed by atoms with Crippen molar-refractivity contribution in [3.05, 3.63) is 29.1 Å². The Hall–Kier alpha value is -1.79. The molecule has 0 radical (unpaired) electrons. The maximum atomic E-state index is 13.7. The zero-order valence-electron chi connectivity index (χ0n) is 22.2. The Morgan fingerprint density at radius 3 is 2.67 bits per heavy atom. The second kappa shape index (κ2) is 13.1. The summed E-state index contributed by atoms with van der Waals surface area (Å²) in [5, 5.41) is 0. The van der Waals surface area contributed by atoms with Gasteiger partial charge in [-0.15, -0.1) is 0 Å². The molecule has 3 atom stereocenters. The van der Waals surface area contributed by atoms with E-state index in [1.54, 1.807) is 13.1 Å². The Balaban J connectivity index is 1.91. The second-order valence-corrected chi connectivity index (χ2v) is 12.1. The number of carbonyl (C=O) groups excluding carboxylic acids is 1. The van der Waals surface area contributed by atoms with Gasteiger partial charge in [0.2, 0.25) is 5.78 Å². The summed E-state index contributed by atoms with van der Waals surface area (Å²) in [5.41, 5.74) is 1.83. The highest BCUT2D eigenvalue weighted by Crippen LogP contribution is 2.39. The maximum Gasteiger partial charge on any atom is 0.264 e. The number of ketones is 1. The van der Waals surface area contributed by atoms with Gasteiger partial charge >= 0.3 is 0 Å². The van der Waals surface area contributed by atoms with Gasteiger partial charge in [-0.1, -0.05) is 45.5 Å². The van der Waals surface area contributed by atoms with E-state index in [1.807, 2.05) is 0 Å². The van der Waals surface area contributed by atoms with Gasteiger partial charge in [-0.25, -0.2) is 0 Å². The van der Waals surface area contributed by atoms with Crippen molar-refractivity contribution >= 4 is 15.9 Å². The van der Waals surface area contributed by atoms with Gasteiger partial charge in [0.25, 0.3) is 10.1 Å². The summed E-state index contributed by atoms with van der Waals surface area (Å²) in [6.07, 6.45) is 12.7. The lowest BCUT2D eigenvalue weighted by atomic mass is 9.80. The number of rotatable bonds is 15. The predicted octanol–water partition coefficient (Wildman–Crippen LogP) is 4.26. The van der Waals surface area contributed by atoms with E-state index < -0.39 is 27.4 Å². The first-order valence-corrected chi connectivity index (χ1v) is 15.0. The first-order chi connectivity index (χ1) is 17.2. The van der Waals surface area contributed by atoms with Gasteiger partial charge < -0.3 is 9.47 Å². The first-order valence-electron chi connectivity index (χ1n) is 13.1. The van der Waals surface area contributed by atoms with Crippen molar-refractivity contribution < 1.29 is 26.9 Å². The number of hydrogen-bond acceptors (Lipinski definition) is 7. The fraction of sp³-hybridized carbons (Fsp3) is 0.714. The van der Waals surface area contributed by atoms with Crippen molar-refractivity contribution in [2.45, 2.75) is 83.7 Å². The number of aromatic nitrogens is 1. The summed E-state index contributed by atoms with van der Waals surface area (Å²) < 4.78 is 39.9. The number of methoxy groups -OCH3 is 1. The normalized spacial score (nSPS) is 19.7. The topological polar surface area (TPSA) is 91.8 Å². The summed E-state index contributed by atoms with van der Waals surface area (Å²) in [7, 11) is -2.21. The molecule has 0 aromatic carbocycles. The van der Waals surface area contributed by atoms with Crippen LogP contribution in [0.15, 0.2) is 12.3 Å². The van der Waals surface area contributed by atoms with Gasteiger partial charge in [0.1, 0.15) is 6.79 Å². The molecule has 3 rings (SSSR count). The quantitative estimate of drug-likeness (QED) is 0.112. The molecule has 0 saturated heterocycles. The van der Waals surface area contributed by atoms with Crippen LogP contribution in [-0.2, 0) is 47.8 Å². The highest BCUT2D eigenvalue weighted by atomic mass is 32.2. The minimum absolute atomic E-state index is 0.134. The minimum Gasteiger partial charge on any atom is -0.359 e. The Morgan fingerprint density at radius 1 is 1.25 bits per heavy atom. The molecule has 2 aliphatic carbocycles. The van der Waals surface area contributed by atoms with Crippen LogP contribution in [0.2, 0.25) is 0 Å². The molecule has 2 aliphatic rings. The van der Waals surface area contributed by atoms with Crippen LogP contribution < -0.4 is 0 Å². The first kappa shape index (κ1) is 28.8. The van der Waals surface area contributed by atoms with Crippen LogP contribution in [0.1, 0.15) is 75.6 Å². The minimum atomic E-state index is -3.70. The number of Topliss-reactive ketones (excluding diaryl/α,β-unsaturated/α-hetero) is 1. The molecule has 0 N–H and O–H groups in total. The van der Waals surface area contributed by atoms with E-state index >= 15 is 0 Å². The number of hydrogen-bond donors (Lipinski definition) is 0. The average Bonchev–Trinajstić information content (AvgIpc) is 3.58. The molecule has 36 heavy (non-hydrogen) atoms. The van der Waals surface area contributed by atoms with Crippen molar-refractivity contribution in [1.29, 1.82) is 0 Å². The van der Waals surface area contributed by atoms with Crippen LogP contribution in [0.3, 0.4) is 0 Å². The van der Waals surface area contributed by atoms with Crippen LogP contribution in [-0.4, -0.2) is 51.6 Å². The Bertz CT molecular complexity index is 1060. The highest BCUT2D eigenvalue weighted by Gasteiger charge is 2.46. The molecule has 0 bridgehead atoms. The number of nitrogens with zero attached hydrogens (tertiary/aromatic N) is 1. The molecule has 8 heteroatoms. The van der Waals surface area contributed by atoms with E-state index in [0.29, 0.717) is 12.3 Å². The second-order valence-electron chi connectivity index (χ2n) is 10.4. The predicted molar refractivity (Wildman–Crippen MR) is 139 cm³/mol. The molecule has 0 spiro atoms. The lowest BCUT2D eigenvalue weighted by molar-refractivity contribution is -0.172. The fourth-order valence-corrected chi connectivity index (χ4v) is 5.40. The van der Waals surface area contributed by atoms with E-state index in [2.05, 4.69) is 29.8 Å². The molecule has 0 aliphatic heterocycles. The maximum absolute atomic E-state index is 13.7. The summed E-state index contributed by atoms with van der Waals surface area (Å²) >= 11 is 0. The zero-order valence-corrected chi connectivity index (χ0v) is 23.0. The van der Waals surface area contributed by atoms with Gasteiger partial charge in [0.15, 0.2) is 5.60 Å². The number of ether oxygens (including phenoxy) is 2. The molecular formula is C28H41NO6S. The van der Waals surface area contributed by atoms with Crippen LogP contribution in [0, 0.1) is 29.6 Å². The van der Waals surface area contributed by atoms with Gasteiger partial charge in [0.05, 0.1) is 12.9 Å². The largest absolute Gasteiger partial charge is 0.359 e. The molecule has 1 fully saturated rings. The third-order valence-electron chi connectivity index (χ3n) is 7.36. The molecule has 1 heterocycles. The molecular weight excluding hydrogens is 478 g/mol. The molecule has 1 saturated carbocycles. The number of unbranched alkanes of at least 4 members (excludes halogenated alkanes) is 2. The van der Waals surface area contributed by atoms with Gasteiger partial charge in [-0.2, -0.15) is 8.42 Å². The number of pyridine rings is 1. The molecule has 7 nitrogen and oxygen atoms in total. The third-order valence-corrected chi connectivity index (χ3v) is 7.92. The lowest BCUT2D eigenvalue weighted by Gasteiger charge is -2.36. The van der Waals surface area contributed by atoms with Crippen molar-refractivity contribution in [1.82, 2.24) is 4.98 Å². The van der Waals surface area contributed by atoms with Crippen molar-refractivity contribution in [3.8, 4) is 11.8 Å². The number of fused-ring (bicyclic) bond motifs is 1. The third kappa shape index (κ3) is 8.11. The SMILES string of the molecule is CCCCC#CC(=O)[C@](Cc1nccc2c1C[C@@H](CCC1CC1)C2)(OCOC)[C@@H](C)COS(C)(=O)=O. The molecule has 200 valence electrons. The Morgan fingerprint density at radius 2 is 2.00 bits per heavy atom. The highest BCUT2D eigenvalue weighted by molar-refractivity contribution is 7.85. The van der Waals surface area contributed by atoms with Crippen LogP contribution >= 0.6 is 0 Å². The molecule has 1 aromatic heterocycles. The lowest BCUT2D eigenvalue weighted by Crippen LogP contribution is -2.51. The summed E-state index contributed by atoms with van der Waals surface area (Å²) in [4.78, 5) is 18.4. The molecule has 1 aromatic rings. The van der Waals surface area contributed by atoms with Gasteiger partial charge in [0, 0.05) is 37.8 Å². The average molecular weight is 520 g/mol. The zero-order chi connectivity index (χ0) is 26.2.